The van der Waals surface area contributed by atoms with Crippen molar-refractivity contribution in [1.82, 2.24) is 4.90 Å². The molecule has 5 heteroatoms. The van der Waals surface area contributed by atoms with Crippen LogP contribution in [-0.2, 0) is 4.79 Å². The summed E-state index contributed by atoms with van der Waals surface area (Å²) in [6.07, 6.45) is 2.35. The fourth-order valence-electron chi connectivity index (χ4n) is 2.68. The molecule has 1 aromatic carbocycles. The Hall–Kier alpha value is -2.04. The van der Waals surface area contributed by atoms with Gasteiger partial charge in [0.1, 0.15) is 6.04 Å². The van der Waals surface area contributed by atoms with Gasteiger partial charge in [0.15, 0.2) is 0 Å². The largest absolute Gasteiger partial charge is 0.480 e. The molecule has 1 aliphatic rings. The summed E-state index contributed by atoms with van der Waals surface area (Å²) in [7, 11) is 0. The van der Waals surface area contributed by atoms with E-state index in [9.17, 15) is 14.7 Å². The number of hydrogen-bond donors (Lipinski definition) is 2. The molecule has 1 heterocycles. The van der Waals surface area contributed by atoms with Gasteiger partial charge in [-0.05, 0) is 43.0 Å². The van der Waals surface area contributed by atoms with Gasteiger partial charge in [-0.2, -0.15) is 0 Å². The van der Waals surface area contributed by atoms with E-state index in [4.69, 9.17) is 5.73 Å². The van der Waals surface area contributed by atoms with Gasteiger partial charge in [-0.15, -0.1) is 0 Å². The third-order valence-electron chi connectivity index (χ3n) is 3.99. The molecule has 0 radical (unpaired) electrons. The fourth-order valence-corrected chi connectivity index (χ4v) is 2.68. The van der Waals surface area contributed by atoms with Crippen molar-refractivity contribution in [3.8, 4) is 0 Å². The van der Waals surface area contributed by atoms with Crippen molar-refractivity contribution in [3.63, 3.8) is 0 Å². The Morgan fingerprint density at radius 2 is 2.00 bits per heavy atom. The molecule has 1 saturated heterocycles. The van der Waals surface area contributed by atoms with E-state index in [1.807, 2.05) is 0 Å². The monoisotopic (exact) mass is 276 g/mol. The van der Waals surface area contributed by atoms with Crippen molar-refractivity contribution in [2.45, 2.75) is 32.2 Å². The smallest absolute Gasteiger partial charge is 0.326 e. The maximum absolute atomic E-state index is 12.4. The maximum atomic E-state index is 12.4. The van der Waals surface area contributed by atoms with Crippen molar-refractivity contribution in [2.75, 3.05) is 12.3 Å². The van der Waals surface area contributed by atoms with Crippen LogP contribution in [0.1, 0.15) is 36.5 Å². The number of nitrogens with zero attached hydrogens (tertiary/aromatic N) is 1. The van der Waals surface area contributed by atoms with E-state index in [0.717, 1.165) is 12.8 Å². The van der Waals surface area contributed by atoms with Gasteiger partial charge >= 0.3 is 5.97 Å². The van der Waals surface area contributed by atoms with E-state index in [1.54, 1.807) is 24.3 Å². The molecule has 2 unspecified atom stereocenters. The van der Waals surface area contributed by atoms with Crippen LogP contribution in [-0.4, -0.2) is 34.5 Å². The van der Waals surface area contributed by atoms with Crippen LogP contribution >= 0.6 is 0 Å². The van der Waals surface area contributed by atoms with E-state index in [2.05, 4.69) is 6.92 Å². The number of carboxylic acid groups (broad SMARTS) is 1. The van der Waals surface area contributed by atoms with Gasteiger partial charge in [-0.1, -0.05) is 13.3 Å². The number of carbonyl (C=O) groups excluding carboxylic acids is 1. The molecule has 0 saturated carbocycles. The van der Waals surface area contributed by atoms with E-state index in [1.165, 1.54) is 4.90 Å². The summed E-state index contributed by atoms with van der Waals surface area (Å²) < 4.78 is 0. The molecule has 0 spiro atoms. The number of aliphatic carboxylic acids is 1. The van der Waals surface area contributed by atoms with Crippen molar-refractivity contribution in [1.29, 1.82) is 0 Å². The Kier molecular flexibility index (Phi) is 4.27. The summed E-state index contributed by atoms with van der Waals surface area (Å²) >= 11 is 0. The molecule has 108 valence electrons. The molecular weight excluding hydrogens is 256 g/mol. The molecule has 1 aliphatic heterocycles. The van der Waals surface area contributed by atoms with Crippen LogP contribution in [0.25, 0.3) is 0 Å². The number of benzene rings is 1. The molecule has 1 aromatic rings. The van der Waals surface area contributed by atoms with Gasteiger partial charge in [0.05, 0.1) is 0 Å². The molecule has 3 N–H and O–H groups in total. The van der Waals surface area contributed by atoms with Crippen molar-refractivity contribution < 1.29 is 14.7 Å². The summed E-state index contributed by atoms with van der Waals surface area (Å²) in [5, 5.41) is 9.35. The quantitative estimate of drug-likeness (QED) is 0.827. The highest BCUT2D eigenvalue weighted by Crippen LogP contribution is 2.27. The van der Waals surface area contributed by atoms with Gasteiger partial charge in [0, 0.05) is 17.8 Å². The fraction of sp³-hybridized carbons (Fsp3) is 0.467. The minimum atomic E-state index is -0.924. The predicted molar refractivity (Wildman–Crippen MR) is 76.3 cm³/mol. The lowest BCUT2D eigenvalue weighted by Gasteiger charge is -2.37. The molecule has 1 amide bonds. The normalized spacial score (nSPS) is 22.6. The Morgan fingerprint density at radius 3 is 2.55 bits per heavy atom. The van der Waals surface area contributed by atoms with Gasteiger partial charge in [-0.3, -0.25) is 4.79 Å². The highest BCUT2D eigenvalue weighted by atomic mass is 16.4. The average molecular weight is 276 g/mol. The van der Waals surface area contributed by atoms with Gasteiger partial charge < -0.3 is 15.7 Å². The van der Waals surface area contributed by atoms with E-state index < -0.39 is 12.0 Å². The number of amides is 1. The van der Waals surface area contributed by atoms with Gasteiger partial charge in [-0.25, -0.2) is 4.79 Å². The lowest BCUT2D eigenvalue weighted by Crippen LogP contribution is -2.50. The third kappa shape index (κ3) is 2.92. The topological polar surface area (TPSA) is 83.6 Å². The summed E-state index contributed by atoms with van der Waals surface area (Å²) in [4.78, 5) is 25.3. The lowest BCUT2D eigenvalue weighted by atomic mass is 9.88. The standard InChI is InChI=1S/C15H20N2O3/c1-2-10-7-8-17(13(9-10)15(19)20)14(18)11-3-5-12(16)6-4-11/h3-6,10,13H,2,7-9,16H2,1H3,(H,19,20). The van der Waals surface area contributed by atoms with Crippen molar-refractivity contribution in [2.24, 2.45) is 5.92 Å². The number of carbonyl (C=O) groups is 2. The van der Waals surface area contributed by atoms with Gasteiger partial charge in [0.2, 0.25) is 0 Å². The first-order valence-electron chi connectivity index (χ1n) is 6.92. The zero-order chi connectivity index (χ0) is 14.7. The Bertz CT molecular complexity index is 498. The van der Waals surface area contributed by atoms with Crippen LogP contribution in [0.5, 0.6) is 0 Å². The maximum Gasteiger partial charge on any atom is 0.326 e. The second-order valence-corrected chi connectivity index (χ2v) is 5.27. The minimum Gasteiger partial charge on any atom is -0.480 e. The summed E-state index contributed by atoms with van der Waals surface area (Å²) in [6, 6.07) is 5.87. The van der Waals surface area contributed by atoms with Crippen LogP contribution in [0.3, 0.4) is 0 Å². The number of piperidine rings is 1. The Balaban J connectivity index is 2.19. The van der Waals surface area contributed by atoms with Crippen LogP contribution in [0.15, 0.2) is 24.3 Å². The number of anilines is 1. The first-order valence-corrected chi connectivity index (χ1v) is 6.92. The molecule has 1 fully saturated rings. The van der Waals surface area contributed by atoms with Crippen molar-refractivity contribution >= 4 is 17.6 Å². The van der Waals surface area contributed by atoms with E-state index in [-0.39, 0.29) is 5.91 Å². The molecule has 0 bridgehead atoms. The van der Waals surface area contributed by atoms with Gasteiger partial charge in [0.25, 0.3) is 5.91 Å². The molecule has 2 atom stereocenters. The number of likely N-dealkylation sites (tertiary alicyclic amines) is 1. The Morgan fingerprint density at radius 1 is 1.35 bits per heavy atom. The van der Waals surface area contributed by atoms with Crippen LogP contribution < -0.4 is 5.73 Å². The molecule has 0 aromatic heterocycles. The molecular formula is C15H20N2O3. The number of rotatable bonds is 3. The molecule has 5 nitrogen and oxygen atoms in total. The highest BCUT2D eigenvalue weighted by Gasteiger charge is 2.35. The lowest BCUT2D eigenvalue weighted by molar-refractivity contribution is -0.144. The third-order valence-corrected chi connectivity index (χ3v) is 3.99. The summed E-state index contributed by atoms with van der Waals surface area (Å²) in [6.45, 7) is 2.56. The molecule has 20 heavy (non-hydrogen) atoms. The predicted octanol–water partition coefficient (Wildman–Crippen LogP) is 1.98. The second kappa shape index (κ2) is 5.94. The Labute approximate surface area is 118 Å². The first kappa shape index (κ1) is 14.4. The second-order valence-electron chi connectivity index (χ2n) is 5.27. The number of nitrogen functional groups attached to an aromatic ring is 1. The molecule has 0 aliphatic carbocycles. The summed E-state index contributed by atoms with van der Waals surface area (Å²) in [5.74, 6) is -0.773. The van der Waals surface area contributed by atoms with Crippen LogP contribution in [0, 0.1) is 5.92 Å². The number of carboxylic acids is 1. The zero-order valence-corrected chi connectivity index (χ0v) is 11.6. The molecule has 2 rings (SSSR count). The van der Waals surface area contributed by atoms with E-state index in [0.29, 0.717) is 30.1 Å². The highest BCUT2D eigenvalue weighted by molar-refractivity contribution is 5.97. The summed E-state index contributed by atoms with van der Waals surface area (Å²) in [5.41, 5.74) is 6.67. The van der Waals surface area contributed by atoms with Crippen LogP contribution in [0.2, 0.25) is 0 Å². The minimum absolute atomic E-state index is 0.230. The number of nitrogens with two attached hydrogens (primary N) is 1. The average Bonchev–Trinajstić information content (AvgIpc) is 2.46. The van der Waals surface area contributed by atoms with E-state index >= 15 is 0 Å². The SMILES string of the molecule is CCC1CCN(C(=O)c2ccc(N)cc2)C(C(=O)O)C1. The van der Waals surface area contributed by atoms with Crippen LogP contribution in [0.4, 0.5) is 5.69 Å². The zero-order valence-electron chi connectivity index (χ0n) is 11.6. The van der Waals surface area contributed by atoms with Crippen molar-refractivity contribution in [3.05, 3.63) is 29.8 Å². The first-order chi connectivity index (χ1) is 9.52. The number of hydrogen-bond acceptors (Lipinski definition) is 3.